The molecule has 3 aromatic carbocycles. The zero-order valence-electron chi connectivity index (χ0n) is 19.7. The van der Waals surface area contributed by atoms with E-state index in [9.17, 15) is 13.2 Å². The second-order valence-corrected chi connectivity index (χ2v) is 11.8. The topological polar surface area (TPSA) is 66.9 Å². The number of likely N-dealkylation sites (tertiary alicyclic amines) is 1. The number of ether oxygens (including phenoxy) is 1. The van der Waals surface area contributed by atoms with Gasteiger partial charge in [0.2, 0.25) is 10.0 Å². The van der Waals surface area contributed by atoms with Crippen molar-refractivity contribution < 1.29 is 17.9 Å². The fourth-order valence-electron chi connectivity index (χ4n) is 5.27. The van der Waals surface area contributed by atoms with Crippen LogP contribution in [0.25, 0.3) is 10.8 Å². The average Bonchev–Trinajstić information content (AvgIpc) is 3.29. The van der Waals surface area contributed by atoms with Gasteiger partial charge in [-0.15, -0.1) is 0 Å². The van der Waals surface area contributed by atoms with Crippen molar-refractivity contribution >= 4 is 38.3 Å². The molecule has 1 amide bonds. The molecule has 5 rings (SSSR count). The van der Waals surface area contributed by atoms with Crippen molar-refractivity contribution in [1.82, 2.24) is 9.21 Å². The summed E-state index contributed by atoms with van der Waals surface area (Å²) in [5.74, 6) is 0.767. The molecule has 2 aliphatic heterocycles. The number of carbonyl (C=O) groups is 1. The van der Waals surface area contributed by atoms with Crippen molar-refractivity contribution in [2.75, 3.05) is 32.8 Å². The van der Waals surface area contributed by atoms with E-state index in [1.807, 2.05) is 36.1 Å². The zero-order chi connectivity index (χ0) is 24.6. The summed E-state index contributed by atoms with van der Waals surface area (Å²) in [6.07, 6.45) is 2.42. The molecule has 184 valence electrons. The molecule has 0 saturated carbocycles. The number of fused-ring (bicyclic) bond motifs is 1. The van der Waals surface area contributed by atoms with Crippen molar-refractivity contribution in [2.24, 2.45) is 5.41 Å². The summed E-state index contributed by atoms with van der Waals surface area (Å²) in [6, 6.07) is 17.9. The number of nitrogens with zero attached hydrogens (tertiary/aromatic N) is 2. The molecule has 8 heteroatoms. The molecule has 0 N–H and O–H groups in total. The van der Waals surface area contributed by atoms with Crippen LogP contribution < -0.4 is 4.74 Å². The Hall–Kier alpha value is -2.61. The first kappa shape index (κ1) is 24.1. The SMILES string of the molecule is CCOc1ccc(C(=O)N2CCC3(CC2)CCN(S(=O)(=O)c2ccc4c(Cl)cccc4c2)C3)cc1. The molecule has 0 aliphatic carbocycles. The largest absolute Gasteiger partial charge is 0.494 e. The number of rotatable bonds is 5. The number of amides is 1. The summed E-state index contributed by atoms with van der Waals surface area (Å²) >= 11 is 6.25. The van der Waals surface area contributed by atoms with Crippen LogP contribution in [0.2, 0.25) is 5.02 Å². The quantitative estimate of drug-likeness (QED) is 0.470. The van der Waals surface area contributed by atoms with Crippen LogP contribution in [0, 0.1) is 5.41 Å². The standard InChI is InChI=1S/C27H29ClN2O4S/c1-2-34-22-8-6-20(7-9-22)26(31)29-15-12-27(13-16-29)14-17-30(19-27)35(32,33)23-10-11-24-21(18-23)4-3-5-25(24)28/h3-11,18H,2,12-17,19H2,1H3. The first-order valence-electron chi connectivity index (χ1n) is 12.0. The van der Waals surface area contributed by atoms with Crippen LogP contribution in [0.1, 0.15) is 36.5 Å². The second-order valence-electron chi connectivity index (χ2n) is 9.46. The highest BCUT2D eigenvalue weighted by Gasteiger charge is 2.45. The first-order valence-corrected chi connectivity index (χ1v) is 13.8. The number of sulfonamides is 1. The molecular formula is C27H29ClN2O4S. The van der Waals surface area contributed by atoms with E-state index >= 15 is 0 Å². The van der Waals surface area contributed by atoms with Gasteiger partial charge in [-0.2, -0.15) is 4.31 Å². The number of halogens is 1. The van der Waals surface area contributed by atoms with Gasteiger partial charge < -0.3 is 9.64 Å². The van der Waals surface area contributed by atoms with Gasteiger partial charge in [0, 0.05) is 42.2 Å². The van der Waals surface area contributed by atoms with Gasteiger partial charge in [0.1, 0.15) is 5.75 Å². The number of piperidine rings is 1. The molecule has 0 aromatic heterocycles. The minimum Gasteiger partial charge on any atom is -0.494 e. The number of hydrogen-bond donors (Lipinski definition) is 0. The van der Waals surface area contributed by atoms with Gasteiger partial charge in [-0.05, 0) is 79.5 Å². The molecule has 35 heavy (non-hydrogen) atoms. The predicted molar refractivity (Wildman–Crippen MR) is 138 cm³/mol. The fourth-order valence-corrected chi connectivity index (χ4v) is 7.10. The normalized spacial score (nSPS) is 18.3. The molecule has 0 radical (unpaired) electrons. The Morgan fingerprint density at radius 1 is 1.00 bits per heavy atom. The van der Waals surface area contributed by atoms with Crippen LogP contribution in [0.5, 0.6) is 5.75 Å². The van der Waals surface area contributed by atoms with Crippen molar-refractivity contribution in [3.05, 3.63) is 71.2 Å². The van der Waals surface area contributed by atoms with Gasteiger partial charge in [0.25, 0.3) is 5.91 Å². The molecule has 2 heterocycles. The Morgan fingerprint density at radius 3 is 2.43 bits per heavy atom. The fraction of sp³-hybridized carbons (Fsp3) is 0.370. The lowest BCUT2D eigenvalue weighted by atomic mass is 9.78. The molecule has 6 nitrogen and oxygen atoms in total. The molecule has 0 unspecified atom stereocenters. The highest BCUT2D eigenvalue weighted by atomic mass is 35.5. The van der Waals surface area contributed by atoms with Crippen LogP contribution >= 0.6 is 11.6 Å². The van der Waals surface area contributed by atoms with Crippen LogP contribution in [0.4, 0.5) is 0 Å². The lowest BCUT2D eigenvalue weighted by Gasteiger charge is -2.39. The molecule has 1 spiro atoms. The van der Waals surface area contributed by atoms with Crippen molar-refractivity contribution in [3.8, 4) is 5.75 Å². The number of carbonyl (C=O) groups excluding carboxylic acids is 1. The monoisotopic (exact) mass is 512 g/mol. The highest BCUT2D eigenvalue weighted by molar-refractivity contribution is 7.89. The van der Waals surface area contributed by atoms with Gasteiger partial charge in [0.15, 0.2) is 0 Å². The average molecular weight is 513 g/mol. The Kier molecular flexibility index (Phi) is 6.51. The van der Waals surface area contributed by atoms with E-state index in [0.717, 1.165) is 35.8 Å². The van der Waals surface area contributed by atoms with E-state index in [1.54, 1.807) is 40.7 Å². The minimum atomic E-state index is -3.60. The molecular weight excluding hydrogens is 484 g/mol. The lowest BCUT2D eigenvalue weighted by Crippen LogP contribution is -2.44. The van der Waals surface area contributed by atoms with E-state index in [-0.39, 0.29) is 11.3 Å². The third kappa shape index (κ3) is 4.65. The van der Waals surface area contributed by atoms with Crippen LogP contribution in [-0.2, 0) is 10.0 Å². The van der Waals surface area contributed by atoms with Gasteiger partial charge in [-0.25, -0.2) is 8.42 Å². The van der Waals surface area contributed by atoms with Crippen LogP contribution in [-0.4, -0.2) is 56.3 Å². The first-order chi connectivity index (χ1) is 16.8. The van der Waals surface area contributed by atoms with Gasteiger partial charge in [-0.1, -0.05) is 29.8 Å². The third-order valence-electron chi connectivity index (χ3n) is 7.36. The molecule has 2 saturated heterocycles. The maximum absolute atomic E-state index is 13.4. The zero-order valence-corrected chi connectivity index (χ0v) is 21.3. The molecule has 0 bridgehead atoms. The third-order valence-corrected chi connectivity index (χ3v) is 9.53. The Labute approximate surface area is 211 Å². The number of hydrogen-bond acceptors (Lipinski definition) is 4. The summed E-state index contributed by atoms with van der Waals surface area (Å²) in [5.41, 5.74) is 0.569. The van der Waals surface area contributed by atoms with Crippen molar-refractivity contribution in [3.63, 3.8) is 0 Å². The molecule has 0 atom stereocenters. The van der Waals surface area contributed by atoms with Crippen LogP contribution in [0.15, 0.2) is 65.6 Å². The maximum Gasteiger partial charge on any atom is 0.253 e. The Morgan fingerprint density at radius 2 is 1.71 bits per heavy atom. The van der Waals surface area contributed by atoms with E-state index in [1.165, 1.54) is 0 Å². The minimum absolute atomic E-state index is 0.0141. The predicted octanol–water partition coefficient (Wildman–Crippen LogP) is 5.21. The second kappa shape index (κ2) is 9.45. The number of benzene rings is 3. The lowest BCUT2D eigenvalue weighted by molar-refractivity contribution is 0.0599. The van der Waals surface area contributed by atoms with Crippen molar-refractivity contribution in [2.45, 2.75) is 31.1 Å². The van der Waals surface area contributed by atoms with Crippen LogP contribution in [0.3, 0.4) is 0 Å². The summed E-state index contributed by atoms with van der Waals surface area (Å²) in [7, 11) is -3.60. The van der Waals surface area contributed by atoms with Crippen molar-refractivity contribution in [1.29, 1.82) is 0 Å². The highest BCUT2D eigenvalue weighted by Crippen LogP contribution is 2.42. The Balaban J connectivity index is 1.25. The smallest absolute Gasteiger partial charge is 0.253 e. The Bertz CT molecular complexity index is 1350. The van der Waals surface area contributed by atoms with E-state index in [4.69, 9.17) is 16.3 Å². The summed E-state index contributed by atoms with van der Waals surface area (Å²) in [6.45, 7) is 4.78. The van der Waals surface area contributed by atoms with Gasteiger partial charge in [-0.3, -0.25) is 4.79 Å². The molecule has 2 aliphatic rings. The molecule has 2 fully saturated rings. The summed E-state index contributed by atoms with van der Waals surface area (Å²) in [5, 5.41) is 2.27. The molecule has 3 aromatic rings. The summed E-state index contributed by atoms with van der Waals surface area (Å²) < 4.78 is 34.0. The van der Waals surface area contributed by atoms with E-state index in [0.29, 0.717) is 48.3 Å². The van der Waals surface area contributed by atoms with Gasteiger partial charge >= 0.3 is 0 Å². The van der Waals surface area contributed by atoms with E-state index < -0.39 is 10.0 Å². The van der Waals surface area contributed by atoms with E-state index in [2.05, 4.69) is 0 Å². The van der Waals surface area contributed by atoms with Gasteiger partial charge in [0.05, 0.1) is 11.5 Å². The maximum atomic E-state index is 13.4. The summed E-state index contributed by atoms with van der Waals surface area (Å²) in [4.78, 5) is 15.2.